The molecule has 0 N–H and O–H groups in total. The van der Waals surface area contributed by atoms with Crippen molar-refractivity contribution in [1.29, 1.82) is 0 Å². The molecule has 2 saturated carbocycles. The van der Waals surface area contributed by atoms with Crippen molar-refractivity contribution >= 4 is 5.91 Å². The molecule has 1 amide bonds. The average molecular weight is 248 g/mol. The van der Waals surface area contributed by atoms with Crippen molar-refractivity contribution in [2.75, 3.05) is 0 Å². The van der Waals surface area contributed by atoms with E-state index in [2.05, 4.69) is 11.9 Å². The maximum Gasteiger partial charge on any atom is 0.257 e. The van der Waals surface area contributed by atoms with Crippen molar-refractivity contribution in [1.82, 2.24) is 9.88 Å². The lowest BCUT2D eigenvalue weighted by molar-refractivity contribution is 0.0649. The van der Waals surface area contributed by atoms with Crippen molar-refractivity contribution < 1.29 is 9.18 Å². The number of hydrogen-bond acceptors (Lipinski definition) is 2. The van der Waals surface area contributed by atoms with Crippen LogP contribution in [0.15, 0.2) is 18.5 Å². The van der Waals surface area contributed by atoms with Gasteiger partial charge in [-0.25, -0.2) is 4.39 Å². The van der Waals surface area contributed by atoms with E-state index in [1.807, 2.05) is 4.90 Å². The van der Waals surface area contributed by atoms with Crippen molar-refractivity contribution in [3.8, 4) is 0 Å². The van der Waals surface area contributed by atoms with Gasteiger partial charge in [-0.05, 0) is 44.6 Å². The SMILES string of the molecule is CC(C1CC1)N(C(=O)c1ccncc1F)C1CC1. The number of carbonyl (C=O) groups excluding carboxylic acids is 1. The molecule has 2 fully saturated rings. The van der Waals surface area contributed by atoms with Gasteiger partial charge in [0.1, 0.15) is 0 Å². The van der Waals surface area contributed by atoms with Crippen LogP contribution < -0.4 is 0 Å². The van der Waals surface area contributed by atoms with Crippen molar-refractivity contribution in [3.05, 3.63) is 29.8 Å². The fourth-order valence-electron chi connectivity index (χ4n) is 2.53. The molecular weight excluding hydrogens is 231 g/mol. The lowest BCUT2D eigenvalue weighted by Gasteiger charge is -2.29. The van der Waals surface area contributed by atoms with E-state index in [9.17, 15) is 9.18 Å². The Morgan fingerprint density at radius 2 is 2.17 bits per heavy atom. The summed E-state index contributed by atoms with van der Waals surface area (Å²) in [7, 11) is 0. The minimum Gasteiger partial charge on any atom is -0.333 e. The van der Waals surface area contributed by atoms with Gasteiger partial charge in [0.2, 0.25) is 0 Å². The van der Waals surface area contributed by atoms with Crippen LogP contribution in [-0.4, -0.2) is 27.9 Å². The predicted octanol–water partition coefficient (Wildman–Crippen LogP) is 2.62. The van der Waals surface area contributed by atoms with Gasteiger partial charge in [0, 0.05) is 18.3 Å². The normalized spacial score (nSPS) is 20.6. The lowest BCUT2D eigenvalue weighted by atomic mass is 10.1. The Balaban J connectivity index is 1.86. The molecule has 2 aliphatic rings. The van der Waals surface area contributed by atoms with Crippen LogP contribution in [0.1, 0.15) is 43.0 Å². The van der Waals surface area contributed by atoms with Crippen LogP contribution in [0.5, 0.6) is 0 Å². The van der Waals surface area contributed by atoms with Gasteiger partial charge in [-0.2, -0.15) is 0 Å². The first-order chi connectivity index (χ1) is 8.68. The van der Waals surface area contributed by atoms with Crippen LogP contribution in [0.3, 0.4) is 0 Å². The van der Waals surface area contributed by atoms with E-state index in [0.717, 1.165) is 19.0 Å². The molecule has 0 radical (unpaired) electrons. The molecule has 1 atom stereocenters. The Morgan fingerprint density at radius 3 is 2.72 bits per heavy atom. The number of pyridine rings is 1. The number of aromatic nitrogens is 1. The van der Waals surface area contributed by atoms with Crippen molar-refractivity contribution in [3.63, 3.8) is 0 Å². The summed E-state index contributed by atoms with van der Waals surface area (Å²) in [6.45, 7) is 2.09. The van der Waals surface area contributed by atoms with Gasteiger partial charge in [-0.1, -0.05) is 0 Å². The van der Waals surface area contributed by atoms with Crippen LogP contribution >= 0.6 is 0 Å². The highest BCUT2D eigenvalue weighted by molar-refractivity contribution is 5.95. The zero-order valence-electron chi connectivity index (χ0n) is 10.5. The standard InChI is InChI=1S/C14H17FN2O/c1-9(10-2-3-10)17(11-4-5-11)14(18)12-6-7-16-8-13(12)15/h6-11H,2-5H2,1H3. The van der Waals surface area contributed by atoms with Crippen LogP contribution in [-0.2, 0) is 0 Å². The molecular formula is C14H17FN2O. The first kappa shape index (κ1) is 11.6. The molecule has 4 heteroatoms. The number of rotatable bonds is 4. The smallest absolute Gasteiger partial charge is 0.257 e. The molecule has 1 aromatic heterocycles. The Bertz CT molecular complexity index is 469. The van der Waals surface area contributed by atoms with E-state index in [1.54, 1.807) is 0 Å². The first-order valence-corrected chi connectivity index (χ1v) is 6.60. The number of carbonyl (C=O) groups is 1. The molecule has 1 unspecified atom stereocenters. The van der Waals surface area contributed by atoms with E-state index < -0.39 is 5.82 Å². The second kappa shape index (κ2) is 4.34. The summed E-state index contributed by atoms with van der Waals surface area (Å²) in [5, 5.41) is 0. The maximum absolute atomic E-state index is 13.7. The van der Waals surface area contributed by atoms with Crippen LogP contribution in [0.2, 0.25) is 0 Å². The lowest BCUT2D eigenvalue weighted by Crippen LogP contribution is -2.42. The molecule has 0 saturated heterocycles. The first-order valence-electron chi connectivity index (χ1n) is 6.60. The monoisotopic (exact) mass is 248 g/mol. The van der Waals surface area contributed by atoms with E-state index in [0.29, 0.717) is 12.0 Å². The van der Waals surface area contributed by atoms with Crippen molar-refractivity contribution in [2.24, 2.45) is 5.92 Å². The molecule has 3 rings (SSSR count). The third-order valence-electron chi connectivity index (χ3n) is 3.92. The van der Waals surface area contributed by atoms with E-state index in [1.165, 1.54) is 25.1 Å². The summed E-state index contributed by atoms with van der Waals surface area (Å²) >= 11 is 0. The Labute approximate surface area is 106 Å². The summed E-state index contributed by atoms with van der Waals surface area (Å²) in [6.07, 6.45) is 7.07. The van der Waals surface area contributed by atoms with Gasteiger partial charge < -0.3 is 4.90 Å². The summed E-state index contributed by atoms with van der Waals surface area (Å²) < 4.78 is 13.7. The zero-order valence-corrected chi connectivity index (χ0v) is 10.5. The van der Waals surface area contributed by atoms with Gasteiger partial charge in [0.25, 0.3) is 5.91 Å². The molecule has 96 valence electrons. The molecule has 18 heavy (non-hydrogen) atoms. The molecule has 1 aromatic rings. The summed E-state index contributed by atoms with van der Waals surface area (Å²) in [4.78, 5) is 18.1. The number of amides is 1. The highest BCUT2D eigenvalue weighted by atomic mass is 19.1. The van der Waals surface area contributed by atoms with Gasteiger partial charge >= 0.3 is 0 Å². The Hall–Kier alpha value is -1.45. The molecule has 2 aliphatic carbocycles. The molecule has 0 aliphatic heterocycles. The van der Waals surface area contributed by atoms with Gasteiger partial charge in [0.05, 0.1) is 11.8 Å². The maximum atomic E-state index is 13.7. The van der Waals surface area contributed by atoms with Crippen LogP contribution in [0.25, 0.3) is 0 Å². The van der Waals surface area contributed by atoms with Crippen LogP contribution in [0, 0.1) is 11.7 Å². The third kappa shape index (κ3) is 2.11. The number of hydrogen-bond donors (Lipinski definition) is 0. The highest BCUT2D eigenvalue weighted by Crippen LogP contribution is 2.40. The quantitative estimate of drug-likeness (QED) is 0.820. The minimum atomic E-state index is -0.517. The zero-order chi connectivity index (χ0) is 12.7. The van der Waals surface area contributed by atoms with E-state index in [4.69, 9.17) is 0 Å². The van der Waals surface area contributed by atoms with Crippen molar-refractivity contribution in [2.45, 2.75) is 44.7 Å². The average Bonchev–Trinajstić information content (AvgIpc) is 3.22. The summed E-state index contributed by atoms with van der Waals surface area (Å²) in [5.74, 6) is -0.0765. The highest BCUT2D eigenvalue weighted by Gasteiger charge is 2.42. The minimum absolute atomic E-state index is 0.157. The third-order valence-corrected chi connectivity index (χ3v) is 3.92. The van der Waals surface area contributed by atoms with Crippen LogP contribution in [0.4, 0.5) is 4.39 Å². The van der Waals surface area contributed by atoms with Gasteiger partial charge in [-0.3, -0.25) is 9.78 Å². The summed E-state index contributed by atoms with van der Waals surface area (Å²) in [6, 6.07) is 2.03. The fourth-order valence-corrected chi connectivity index (χ4v) is 2.53. The molecule has 0 spiro atoms. The molecule has 0 bridgehead atoms. The van der Waals surface area contributed by atoms with Gasteiger partial charge in [0.15, 0.2) is 5.82 Å². The second-order valence-corrected chi connectivity index (χ2v) is 5.38. The molecule has 1 heterocycles. The van der Waals surface area contributed by atoms with Gasteiger partial charge in [-0.15, -0.1) is 0 Å². The molecule has 0 aromatic carbocycles. The Morgan fingerprint density at radius 1 is 1.44 bits per heavy atom. The Kier molecular flexibility index (Phi) is 2.80. The molecule has 3 nitrogen and oxygen atoms in total. The largest absolute Gasteiger partial charge is 0.333 e. The predicted molar refractivity (Wildman–Crippen MR) is 65.6 cm³/mol. The topological polar surface area (TPSA) is 33.2 Å². The fraction of sp³-hybridized carbons (Fsp3) is 0.571. The number of nitrogens with zero attached hydrogens (tertiary/aromatic N) is 2. The second-order valence-electron chi connectivity index (χ2n) is 5.38. The number of halogens is 1. The van der Waals surface area contributed by atoms with E-state index in [-0.39, 0.29) is 17.5 Å². The van der Waals surface area contributed by atoms with E-state index >= 15 is 0 Å². The summed E-state index contributed by atoms with van der Waals surface area (Å²) in [5.41, 5.74) is 0.157.